The standard InChI is InChI=1S/C21H24FNO4S/c1-15(2)23(21(24)16-7-5-8-16)14-17-6-3-4-9-20(17)27-28(25,26)19-12-10-18(22)11-13-19/h3-4,6,9-13,15-16H,5,7-8,14H2,1-2H3. The number of amides is 1. The molecule has 3 rings (SSSR count). The highest BCUT2D eigenvalue weighted by Gasteiger charge is 2.31. The molecule has 0 unspecified atom stereocenters. The van der Waals surface area contributed by atoms with Gasteiger partial charge in [0.25, 0.3) is 0 Å². The number of rotatable bonds is 7. The van der Waals surface area contributed by atoms with Gasteiger partial charge in [-0.25, -0.2) is 4.39 Å². The highest BCUT2D eigenvalue weighted by molar-refractivity contribution is 7.87. The Hall–Kier alpha value is -2.41. The zero-order valence-corrected chi connectivity index (χ0v) is 16.8. The molecule has 0 spiro atoms. The normalized spacial score (nSPS) is 14.6. The van der Waals surface area contributed by atoms with E-state index >= 15 is 0 Å². The second kappa shape index (κ2) is 8.31. The van der Waals surface area contributed by atoms with Crippen LogP contribution in [0.5, 0.6) is 5.75 Å². The largest absolute Gasteiger partial charge is 0.379 e. The lowest BCUT2D eigenvalue weighted by molar-refractivity contribution is -0.140. The van der Waals surface area contributed by atoms with Gasteiger partial charge in [0.15, 0.2) is 0 Å². The molecule has 0 atom stereocenters. The van der Waals surface area contributed by atoms with E-state index in [1.165, 1.54) is 0 Å². The van der Waals surface area contributed by atoms with Gasteiger partial charge in [-0.2, -0.15) is 8.42 Å². The van der Waals surface area contributed by atoms with Crippen molar-refractivity contribution in [3.63, 3.8) is 0 Å². The predicted molar refractivity (Wildman–Crippen MR) is 104 cm³/mol. The highest BCUT2D eigenvalue weighted by Crippen LogP contribution is 2.31. The molecule has 0 radical (unpaired) electrons. The van der Waals surface area contributed by atoms with Gasteiger partial charge in [0.05, 0.1) is 0 Å². The minimum absolute atomic E-state index is 0.0186. The van der Waals surface area contributed by atoms with E-state index in [1.807, 2.05) is 13.8 Å². The molecule has 7 heteroatoms. The van der Waals surface area contributed by atoms with Crippen LogP contribution in [-0.4, -0.2) is 25.3 Å². The first-order chi connectivity index (χ1) is 13.3. The van der Waals surface area contributed by atoms with E-state index in [2.05, 4.69) is 0 Å². The molecule has 5 nitrogen and oxygen atoms in total. The van der Waals surface area contributed by atoms with E-state index < -0.39 is 15.9 Å². The number of para-hydroxylation sites is 1. The molecule has 1 saturated carbocycles. The smallest absolute Gasteiger partial charge is 0.339 e. The van der Waals surface area contributed by atoms with Crippen molar-refractivity contribution >= 4 is 16.0 Å². The third kappa shape index (κ3) is 4.52. The fourth-order valence-electron chi connectivity index (χ4n) is 3.07. The van der Waals surface area contributed by atoms with Crippen molar-refractivity contribution < 1.29 is 21.8 Å². The Morgan fingerprint density at radius 2 is 1.79 bits per heavy atom. The molecule has 2 aromatic carbocycles. The van der Waals surface area contributed by atoms with Gasteiger partial charge in [0, 0.05) is 24.1 Å². The first kappa shape index (κ1) is 20.3. The van der Waals surface area contributed by atoms with Crippen molar-refractivity contribution in [1.29, 1.82) is 0 Å². The molecular formula is C21H24FNO4S. The Morgan fingerprint density at radius 3 is 2.36 bits per heavy atom. The van der Waals surface area contributed by atoms with Crippen LogP contribution in [-0.2, 0) is 21.5 Å². The quantitative estimate of drug-likeness (QED) is 0.650. The van der Waals surface area contributed by atoms with E-state index in [4.69, 9.17) is 4.18 Å². The van der Waals surface area contributed by atoms with Crippen molar-refractivity contribution in [3.8, 4) is 5.75 Å². The molecule has 0 heterocycles. The van der Waals surface area contributed by atoms with Crippen LogP contribution >= 0.6 is 0 Å². The van der Waals surface area contributed by atoms with Crippen molar-refractivity contribution in [2.24, 2.45) is 5.92 Å². The summed E-state index contributed by atoms with van der Waals surface area (Å²) in [5, 5.41) is 0. The first-order valence-corrected chi connectivity index (χ1v) is 10.8. The van der Waals surface area contributed by atoms with Crippen molar-refractivity contribution in [3.05, 3.63) is 59.9 Å². The highest BCUT2D eigenvalue weighted by atomic mass is 32.2. The molecule has 1 aliphatic carbocycles. The summed E-state index contributed by atoms with van der Waals surface area (Å²) < 4.78 is 43.5. The summed E-state index contributed by atoms with van der Waals surface area (Å²) in [6, 6.07) is 11.2. The number of halogens is 1. The van der Waals surface area contributed by atoms with Crippen molar-refractivity contribution in [1.82, 2.24) is 4.90 Å². The van der Waals surface area contributed by atoms with Crippen molar-refractivity contribution in [2.75, 3.05) is 0 Å². The lowest BCUT2D eigenvalue weighted by atomic mass is 9.84. The van der Waals surface area contributed by atoms with E-state index in [0.29, 0.717) is 5.56 Å². The molecule has 150 valence electrons. The lowest BCUT2D eigenvalue weighted by Crippen LogP contribution is -2.42. The number of hydrogen-bond acceptors (Lipinski definition) is 4. The van der Waals surface area contributed by atoms with Gasteiger partial charge < -0.3 is 9.08 Å². The maximum absolute atomic E-state index is 13.1. The fraction of sp³-hybridized carbons (Fsp3) is 0.381. The monoisotopic (exact) mass is 405 g/mol. The third-order valence-corrected chi connectivity index (χ3v) is 6.22. The second-order valence-electron chi connectivity index (χ2n) is 7.29. The molecule has 28 heavy (non-hydrogen) atoms. The molecule has 0 saturated heterocycles. The summed E-state index contributed by atoms with van der Waals surface area (Å²) in [4.78, 5) is 14.4. The Morgan fingerprint density at radius 1 is 1.14 bits per heavy atom. The van der Waals surface area contributed by atoms with Crippen LogP contribution < -0.4 is 4.18 Å². The number of hydrogen-bond donors (Lipinski definition) is 0. The van der Waals surface area contributed by atoms with E-state index in [9.17, 15) is 17.6 Å². The summed E-state index contributed by atoms with van der Waals surface area (Å²) in [5.41, 5.74) is 0.606. The average Bonchev–Trinajstić information content (AvgIpc) is 2.59. The zero-order valence-electron chi connectivity index (χ0n) is 16.0. The van der Waals surface area contributed by atoms with E-state index in [0.717, 1.165) is 43.5 Å². The Labute approximate surface area is 165 Å². The molecule has 2 aromatic rings. The zero-order chi connectivity index (χ0) is 20.3. The molecule has 1 amide bonds. The van der Waals surface area contributed by atoms with Crippen LogP contribution in [0.15, 0.2) is 53.4 Å². The number of carbonyl (C=O) groups excluding carboxylic acids is 1. The summed E-state index contributed by atoms with van der Waals surface area (Å²) in [5.74, 6) is -0.212. The molecule has 1 fully saturated rings. The van der Waals surface area contributed by atoms with Crippen LogP contribution in [0.4, 0.5) is 4.39 Å². The summed E-state index contributed by atoms with van der Waals surface area (Å²) in [6.45, 7) is 4.15. The van der Waals surface area contributed by atoms with Gasteiger partial charge in [-0.05, 0) is 57.0 Å². The maximum Gasteiger partial charge on any atom is 0.339 e. The van der Waals surface area contributed by atoms with Crippen LogP contribution in [0, 0.1) is 11.7 Å². The number of carbonyl (C=O) groups is 1. The van der Waals surface area contributed by atoms with Gasteiger partial charge >= 0.3 is 10.1 Å². The fourth-order valence-corrected chi connectivity index (χ4v) is 4.04. The second-order valence-corrected chi connectivity index (χ2v) is 8.83. The summed E-state index contributed by atoms with van der Waals surface area (Å²) in [7, 11) is -4.11. The van der Waals surface area contributed by atoms with Gasteiger partial charge in [-0.3, -0.25) is 4.79 Å². The van der Waals surface area contributed by atoms with Crippen LogP contribution in [0.1, 0.15) is 38.7 Å². The Kier molecular flexibility index (Phi) is 6.03. The van der Waals surface area contributed by atoms with E-state index in [-0.39, 0.29) is 35.1 Å². The number of nitrogens with zero attached hydrogens (tertiary/aromatic N) is 1. The van der Waals surface area contributed by atoms with Crippen molar-refractivity contribution in [2.45, 2.75) is 50.6 Å². The molecular weight excluding hydrogens is 381 g/mol. The summed E-state index contributed by atoms with van der Waals surface area (Å²) in [6.07, 6.45) is 2.87. The topological polar surface area (TPSA) is 63.7 Å². The summed E-state index contributed by atoms with van der Waals surface area (Å²) >= 11 is 0. The molecule has 0 aromatic heterocycles. The lowest BCUT2D eigenvalue weighted by Gasteiger charge is -2.34. The van der Waals surface area contributed by atoms with Crippen LogP contribution in [0.2, 0.25) is 0 Å². The first-order valence-electron chi connectivity index (χ1n) is 9.36. The van der Waals surface area contributed by atoms with Gasteiger partial charge in [-0.15, -0.1) is 0 Å². The van der Waals surface area contributed by atoms with Crippen LogP contribution in [0.3, 0.4) is 0 Å². The Bertz CT molecular complexity index is 937. The maximum atomic E-state index is 13.1. The van der Waals surface area contributed by atoms with E-state index in [1.54, 1.807) is 29.2 Å². The minimum Gasteiger partial charge on any atom is -0.379 e. The van der Waals surface area contributed by atoms with Gasteiger partial charge in [0.1, 0.15) is 16.5 Å². The number of benzene rings is 2. The molecule has 0 bridgehead atoms. The Balaban J connectivity index is 1.84. The molecule has 0 aliphatic heterocycles. The van der Waals surface area contributed by atoms with Gasteiger partial charge in [0.2, 0.25) is 5.91 Å². The molecule has 1 aliphatic rings. The SMILES string of the molecule is CC(C)N(Cc1ccccc1OS(=O)(=O)c1ccc(F)cc1)C(=O)C1CCC1. The molecule has 0 N–H and O–H groups in total. The van der Waals surface area contributed by atoms with Gasteiger partial charge in [-0.1, -0.05) is 24.6 Å². The third-order valence-electron chi connectivity index (χ3n) is 4.98. The minimum atomic E-state index is -4.11. The van der Waals surface area contributed by atoms with Crippen LogP contribution in [0.25, 0.3) is 0 Å². The average molecular weight is 405 g/mol. The predicted octanol–water partition coefficient (Wildman–Crippen LogP) is 4.13.